The van der Waals surface area contributed by atoms with Gasteiger partial charge < -0.3 is 5.73 Å². The van der Waals surface area contributed by atoms with Gasteiger partial charge in [0.05, 0.1) is 0 Å². The molecule has 0 aromatic heterocycles. The van der Waals surface area contributed by atoms with Crippen LogP contribution in [-0.2, 0) is 0 Å². The lowest BCUT2D eigenvalue weighted by atomic mass is 10.7. The standard InChI is InChI=1S/C5H24N12/c1-7-11-15-17-16-14-10-5-4-9-13-12-8-3-2-6/h7-17H,2-6H2,1H3. The van der Waals surface area contributed by atoms with E-state index in [-0.39, 0.29) is 0 Å². The predicted octanol–water partition coefficient (Wildman–Crippen LogP) is -5.70. The predicted molar refractivity (Wildman–Crippen MR) is 64.1 cm³/mol. The Kier molecular flexibility index (Phi) is 15.1. The number of hydrogen-bond donors (Lipinski definition) is 12. The fourth-order valence-electron chi connectivity index (χ4n) is 0.674. The highest BCUT2D eigenvalue weighted by molar-refractivity contribution is 4.41. The molecule has 0 rings (SSSR count). The molecule has 0 unspecified atom stereocenters. The number of nitrogens with two attached hydrogens (primary N) is 1. The van der Waals surface area contributed by atoms with Gasteiger partial charge in [0.25, 0.3) is 0 Å². The minimum absolute atomic E-state index is 0.579. The molecule has 12 heteroatoms. The Morgan fingerprint density at radius 1 is 0.647 bits per heavy atom. The molecule has 0 bridgehead atoms. The topological polar surface area (TPSA) is 158 Å². The van der Waals surface area contributed by atoms with Crippen molar-refractivity contribution in [1.29, 1.82) is 0 Å². The second-order valence-corrected chi connectivity index (χ2v) is 2.69. The summed E-state index contributed by atoms with van der Waals surface area (Å²) in [5.74, 6) is 0. The Morgan fingerprint density at radius 2 is 1.12 bits per heavy atom. The van der Waals surface area contributed by atoms with Crippen molar-refractivity contribution < 1.29 is 0 Å². The van der Waals surface area contributed by atoms with Crippen molar-refractivity contribution in [2.45, 2.75) is 0 Å². The highest BCUT2D eigenvalue weighted by Crippen LogP contribution is 1.48. The fourth-order valence-corrected chi connectivity index (χ4v) is 0.674. The molecule has 12 nitrogen and oxygen atoms in total. The highest BCUT2D eigenvalue weighted by Gasteiger charge is 1.85. The zero-order valence-electron chi connectivity index (χ0n) is 9.91. The van der Waals surface area contributed by atoms with Gasteiger partial charge in [0.15, 0.2) is 0 Å². The average molecular weight is 252 g/mol. The van der Waals surface area contributed by atoms with E-state index in [2.05, 4.69) is 60.4 Å². The number of nitrogens with one attached hydrogen (secondary N) is 11. The van der Waals surface area contributed by atoms with E-state index in [0.29, 0.717) is 26.2 Å². The molecule has 0 amide bonds. The third-order valence-corrected chi connectivity index (χ3v) is 1.35. The molecule has 0 aliphatic heterocycles. The molecule has 0 atom stereocenters. The molecule has 0 aliphatic rings. The minimum Gasteiger partial charge on any atom is -0.329 e. The smallest absolute Gasteiger partial charge is 0.0253 e. The molecule has 17 heavy (non-hydrogen) atoms. The monoisotopic (exact) mass is 252 g/mol. The zero-order chi connectivity index (χ0) is 12.6. The molecule has 0 spiro atoms. The lowest BCUT2D eigenvalue weighted by Crippen LogP contribution is -2.61. The van der Waals surface area contributed by atoms with Crippen LogP contribution in [0.2, 0.25) is 0 Å². The summed E-state index contributed by atoms with van der Waals surface area (Å²) in [6.45, 7) is 2.67. The van der Waals surface area contributed by atoms with E-state index in [1.807, 2.05) is 0 Å². The van der Waals surface area contributed by atoms with E-state index >= 15 is 0 Å². The first-order valence-electron chi connectivity index (χ1n) is 5.22. The Hall–Kier alpha value is -0.480. The highest BCUT2D eigenvalue weighted by atomic mass is 15.9. The van der Waals surface area contributed by atoms with Crippen molar-refractivity contribution in [3.63, 3.8) is 0 Å². The normalized spacial score (nSPS) is 10.9. The van der Waals surface area contributed by atoms with Crippen molar-refractivity contribution >= 4 is 0 Å². The maximum absolute atomic E-state index is 5.27. The van der Waals surface area contributed by atoms with Crippen molar-refractivity contribution in [2.24, 2.45) is 5.73 Å². The average Bonchev–Trinajstić information content (AvgIpc) is 2.35. The second kappa shape index (κ2) is 15.5. The van der Waals surface area contributed by atoms with Crippen LogP contribution in [0.3, 0.4) is 0 Å². The van der Waals surface area contributed by atoms with Gasteiger partial charge in [0.1, 0.15) is 0 Å². The SMILES string of the molecule is CNNNNNNNCCNNNNCCN. The molecule has 0 aromatic carbocycles. The number of hydrogen-bond acceptors (Lipinski definition) is 12. The van der Waals surface area contributed by atoms with Crippen molar-refractivity contribution in [1.82, 2.24) is 60.4 Å². The summed E-state index contributed by atoms with van der Waals surface area (Å²) in [6, 6.07) is 0. The molecule has 0 saturated carbocycles. The van der Waals surface area contributed by atoms with Gasteiger partial charge in [-0.3, -0.25) is 0 Å². The molecule has 0 radical (unpaired) electrons. The summed E-state index contributed by atoms with van der Waals surface area (Å²) in [7, 11) is 1.73. The summed E-state index contributed by atoms with van der Waals surface area (Å²) in [4.78, 5) is 0. The summed E-state index contributed by atoms with van der Waals surface area (Å²) < 4.78 is 0. The van der Waals surface area contributed by atoms with Crippen LogP contribution < -0.4 is 66.2 Å². The van der Waals surface area contributed by atoms with E-state index in [1.165, 1.54) is 0 Å². The minimum atomic E-state index is 0.579. The summed E-state index contributed by atoms with van der Waals surface area (Å²) in [5, 5.41) is 0. The third-order valence-electron chi connectivity index (χ3n) is 1.35. The Morgan fingerprint density at radius 3 is 1.71 bits per heavy atom. The second-order valence-electron chi connectivity index (χ2n) is 2.69. The van der Waals surface area contributed by atoms with Crippen LogP contribution in [0.25, 0.3) is 0 Å². The van der Waals surface area contributed by atoms with Crippen LogP contribution in [0.4, 0.5) is 0 Å². The van der Waals surface area contributed by atoms with Gasteiger partial charge in [-0.25, -0.2) is 21.7 Å². The van der Waals surface area contributed by atoms with Crippen LogP contribution in [-0.4, -0.2) is 33.2 Å². The maximum Gasteiger partial charge on any atom is 0.0253 e. The molecule has 0 fully saturated rings. The first-order chi connectivity index (χ1) is 8.41. The summed E-state index contributed by atoms with van der Waals surface area (Å²) in [5.41, 5.74) is 35.1. The lowest BCUT2D eigenvalue weighted by Gasteiger charge is -2.12. The summed E-state index contributed by atoms with van der Waals surface area (Å²) >= 11 is 0. The number of rotatable bonds is 14. The van der Waals surface area contributed by atoms with Crippen LogP contribution in [0.15, 0.2) is 0 Å². The molecule has 13 N–H and O–H groups in total. The van der Waals surface area contributed by atoms with E-state index in [9.17, 15) is 0 Å². The van der Waals surface area contributed by atoms with Gasteiger partial charge in [-0.2, -0.15) is 38.7 Å². The van der Waals surface area contributed by atoms with Crippen LogP contribution in [0.1, 0.15) is 0 Å². The summed E-state index contributed by atoms with van der Waals surface area (Å²) in [6.07, 6.45) is 0. The molecule has 0 aromatic rings. The Balaban J connectivity index is 2.85. The van der Waals surface area contributed by atoms with E-state index in [0.717, 1.165) is 0 Å². The molecular weight excluding hydrogens is 228 g/mol. The Labute approximate surface area is 100 Å². The molecule has 0 aliphatic carbocycles. The van der Waals surface area contributed by atoms with Gasteiger partial charge >= 0.3 is 0 Å². The Bertz CT molecular complexity index is 118. The van der Waals surface area contributed by atoms with Crippen molar-refractivity contribution in [3.05, 3.63) is 0 Å². The van der Waals surface area contributed by atoms with Gasteiger partial charge in [0, 0.05) is 26.2 Å². The van der Waals surface area contributed by atoms with Crippen molar-refractivity contribution in [2.75, 3.05) is 33.2 Å². The first-order valence-corrected chi connectivity index (χ1v) is 5.22. The molecular formula is C5H24N12. The maximum atomic E-state index is 5.27. The third kappa shape index (κ3) is 15.5. The largest absolute Gasteiger partial charge is 0.329 e. The van der Waals surface area contributed by atoms with Crippen molar-refractivity contribution in [3.8, 4) is 0 Å². The van der Waals surface area contributed by atoms with E-state index in [4.69, 9.17) is 5.73 Å². The molecule has 104 valence electrons. The molecule has 0 heterocycles. The lowest BCUT2D eigenvalue weighted by molar-refractivity contribution is 0.276. The van der Waals surface area contributed by atoms with E-state index < -0.39 is 0 Å². The zero-order valence-corrected chi connectivity index (χ0v) is 9.91. The van der Waals surface area contributed by atoms with Gasteiger partial charge in [-0.05, 0) is 7.05 Å². The van der Waals surface area contributed by atoms with Gasteiger partial charge in [-0.1, -0.05) is 0 Å². The molecule has 0 saturated heterocycles. The van der Waals surface area contributed by atoms with Crippen LogP contribution in [0.5, 0.6) is 0 Å². The first kappa shape index (κ1) is 16.5. The van der Waals surface area contributed by atoms with Crippen LogP contribution in [0, 0.1) is 0 Å². The van der Waals surface area contributed by atoms with Gasteiger partial charge in [0.2, 0.25) is 0 Å². The van der Waals surface area contributed by atoms with Gasteiger partial charge in [-0.15, -0.1) is 0 Å². The quantitative estimate of drug-likeness (QED) is 0.105. The number of hydrazine groups is 9. The fraction of sp³-hybridized carbons (Fsp3) is 1.00. The van der Waals surface area contributed by atoms with Crippen LogP contribution >= 0.6 is 0 Å². The van der Waals surface area contributed by atoms with E-state index in [1.54, 1.807) is 7.05 Å².